The second-order valence-corrected chi connectivity index (χ2v) is 5.97. The zero-order chi connectivity index (χ0) is 15.2. The van der Waals surface area contributed by atoms with Gasteiger partial charge in [-0.15, -0.1) is 11.3 Å². The van der Waals surface area contributed by atoms with Gasteiger partial charge in [0.1, 0.15) is 11.5 Å². The molecule has 0 aliphatic carbocycles. The molecule has 0 aliphatic rings. The lowest BCUT2D eigenvalue weighted by Gasteiger charge is -2.12. The number of amides is 1. The monoisotopic (exact) mass is 307 g/mol. The van der Waals surface area contributed by atoms with Crippen LogP contribution in [0.3, 0.4) is 0 Å². The molecule has 0 aromatic carbocycles. The number of carbonyl (C=O) groups is 1. The first-order valence-corrected chi connectivity index (χ1v) is 8.07. The molecule has 21 heavy (non-hydrogen) atoms. The molecule has 2 aromatic heterocycles. The molecular formula is C15H21N3O2S. The third-order valence-corrected chi connectivity index (χ3v) is 4.18. The van der Waals surface area contributed by atoms with Crippen molar-refractivity contribution in [2.75, 3.05) is 11.9 Å². The van der Waals surface area contributed by atoms with Crippen molar-refractivity contribution >= 4 is 23.1 Å². The van der Waals surface area contributed by atoms with Crippen LogP contribution in [-0.2, 0) is 11.3 Å². The Morgan fingerprint density at radius 3 is 3.00 bits per heavy atom. The lowest BCUT2D eigenvalue weighted by atomic mass is 10.1. The maximum atomic E-state index is 12.1. The standard InChI is InChI=1S/C15H21N3O2S/c1-3-5-11(2)15(20)16-14-10-12(13-6-4-9-21-13)17-18(14)7-8-19/h4,6,9-11,19H,3,5,7-8H2,1-2H3,(H,16,20). The van der Waals surface area contributed by atoms with Crippen LogP contribution in [-0.4, -0.2) is 27.4 Å². The Hall–Kier alpha value is -1.66. The van der Waals surface area contributed by atoms with Gasteiger partial charge in [0.25, 0.3) is 0 Å². The van der Waals surface area contributed by atoms with E-state index in [1.165, 1.54) is 0 Å². The zero-order valence-electron chi connectivity index (χ0n) is 12.4. The van der Waals surface area contributed by atoms with Crippen molar-refractivity contribution in [2.45, 2.75) is 33.2 Å². The van der Waals surface area contributed by atoms with Crippen molar-refractivity contribution < 1.29 is 9.90 Å². The Labute approximate surface area is 128 Å². The van der Waals surface area contributed by atoms with E-state index in [2.05, 4.69) is 17.3 Å². The average Bonchev–Trinajstić information content (AvgIpc) is 3.09. The van der Waals surface area contributed by atoms with Gasteiger partial charge in [0.15, 0.2) is 0 Å². The fraction of sp³-hybridized carbons (Fsp3) is 0.467. The smallest absolute Gasteiger partial charge is 0.228 e. The van der Waals surface area contributed by atoms with Gasteiger partial charge in [-0.05, 0) is 17.9 Å². The minimum Gasteiger partial charge on any atom is -0.394 e. The van der Waals surface area contributed by atoms with Crippen LogP contribution < -0.4 is 5.32 Å². The van der Waals surface area contributed by atoms with Crippen LogP contribution in [0.4, 0.5) is 5.82 Å². The van der Waals surface area contributed by atoms with Crippen LogP contribution in [0, 0.1) is 5.92 Å². The van der Waals surface area contributed by atoms with Crippen LogP contribution in [0.15, 0.2) is 23.6 Å². The number of nitrogens with zero attached hydrogens (tertiary/aromatic N) is 2. The molecule has 1 unspecified atom stereocenters. The molecule has 0 aliphatic heterocycles. The van der Waals surface area contributed by atoms with E-state index < -0.39 is 0 Å². The largest absolute Gasteiger partial charge is 0.394 e. The van der Waals surface area contributed by atoms with Crippen LogP contribution >= 0.6 is 11.3 Å². The molecule has 6 heteroatoms. The first-order chi connectivity index (χ1) is 10.2. The summed E-state index contributed by atoms with van der Waals surface area (Å²) in [6.07, 6.45) is 1.84. The summed E-state index contributed by atoms with van der Waals surface area (Å²) < 4.78 is 1.64. The molecule has 5 nitrogen and oxygen atoms in total. The zero-order valence-corrected chi connectivity index (χ0v) is 13.2. The Balaban J connectivity index is 2.19. The molecule has 114 valence electrons. The summed E-state index contributed by atoms with van der Waals surface area (Å²) >= 11 is 1.60. The van der Waals surface area contributed by atoms with E-state index in [0.717, 1.165) is 23.4 Å². The summed E-state index contributed by atoms with van der Waals surface area (Å²) in [5.41, 5.74) is 0.817. The maximum Gasteiger partial charge on any atom is 0.228 e. The van der Waals surface area contributed by atoms with E-state index in [0.29, 0.717) is 12.4 Å². The first-order valence-electron chi connectivity index (χ1n) is 7.19. The van der Waals surface area contributed by atoms with Gasteiger partial charge in [-0.1, -0.05) is 26.3 Å². The van der Waals surface area contributed by atoms with Gasteiger partial charge in [-0.2, -0.15) is 5.10 Å². The predicted molar refractivity (Wildman–Crippen MR) is 85.3 cm³/mol. The van der Waals surface area contributed by atoms with Gasteiger partial charge in [-0.3, -0.25) is 4.79 Å². The van der Waals surface area contributed by atoms with E-state index in [1.807, 2.05) is 30.5 Å². The predicted octanol–water partition coefficient (Wildman–Crippen LogP) is 2.98. The number of hydrogen-bond donors (Lipinski definition) is 2. The number of anilines is 1. The van der Waals surface area contributed by atoms with Crippen LogP contribution in [0.5, 0.6) is 0 Å². The summed E-state index contributed by atoms with van der Waals surface area (Å²) in [6.45, 7) is 4.34. The van der Waals surface area contributed by atoms with Gasteiger partial charge in [0.2, 0.25) is 5.91 Å². The van der Waals surface area contributed by atoms with E-state index >= 15 is 0 Å². The number of hydrogen-bond acceptors (Lipinski definition) is 4. The molecular weight excluding hydrogens is 286 g/mol. The SMILES string of the molecule is CCCC(C)C(=O)Nc1cc(-c2cccs2)nn1CCO. The average molecular weight is 307 g/mol. The van der Waals surface area contributed by atoms with Crippen molar-refractivity contribution in [1.29, 1.82) is 0 Å². The molecule has 0 saturated carbocycles. The molecule has 2 rings (SSSR count). The van der Waals surface area contributed by atoms with Crippen LogP contribution in [0.1, 0.15) is 26.7 Å². The third-order valence-electron chi connectivity index (χ3n) is 3.29. The number of thiophene rings is 1. The van der Waals surface area contributed by atoms with Gasteiger partial charge in [-0.25, -0.2) is 4.68 Å². The summed E-state index contributed by atoms with van der Waals surface area (Å²) in [4.78, 5) is 13.2. The highest BCUT2D eigenvalue weighted by Crippen LogP contribution is 2.26. The summed E-state index contributed by atoms with van der Waals surface area (Å²) in [7, 11) is 0. The fourth-order valence-electron chi connectivity index (χ4n) is 2.14. The van der Waals surface area contributed by atoms with Crippen molar-refractivity contribution in [1.82, 2.24) is 9.78 Å². The highest BCUT2D eigenvalue weighted by Gasteiger charge is 2.16. The normalized spacial score (nSPS) is 12.3. The Bertz CT molecular complexity index is 578. The highest BCUT2D eigenvalue weighted by atomic mass is 32.1. The number of aliphatic hydroxyl groups excluding tert-OH is 1. The second-order valence-electron chi connectivity index (χ2n) is 5.02. The van der Waals surface area contributed by atoms with Crippen molar-refractivity contribution in [3.8, 4) is 10.6 Å². The minimum absolute atomic E-state index is 0.00586. The van der Waals surface area contributed by atoms with Crippen molar-refractivity contribution in [3.63, 3.8) is 0 Å². The summed E-state index contributed by atoms with van der Waals surface area (Å²) in [6, 6.07) is 5.81. The van der Waals surface area contributed by atoms with Crippen LogP contribution in [0.2, 0.25) is 0 Å². The topological polar surface area (TPSA) is 67.2 Å². The molecule has 0 fully saturated rings. The van der Waals surface area contributed by atoms with Gasteiger partial charge in [0, 0.05) is 12.0 Å². The van der Waals surface area contributed by atoms with Crippen LogP contribution in [0.25, 0.3) is 10.6 Å². The maximum absolute atomic E-state index is 12.1. The summed E-state index contributed by atoms with van der Waals surface area (Å²) in [5.74, 6) is 0.603. The molecule has 2 aromatic rings. The van der Waals surface area contributed by atoms with Crippen molar-refractivity contribution in [2.24, 2.45) is 5.92 Å². The number of aromatic nitrogens is 2. The molecule has 0 radical (unpaired) electrons. The van der Waals surface area contributed by atoms with Gasteiger partial charge >= 0.3 is 0 Å². The molecule has 1 atom stereocenters. The minimum atomic E-state index is -0.0299. The Morgan fingerprint density at radius 1 is 1.57 bits per heavy atom. The fourth-order valence-corrected chi connectivity index (χ4v) is 2.82. The molecule has 0 saturated heterocycles. The van der Waals surface area contributed by atoms with Gasteiger partial charge in [0.05, 0.1) is 18.0 Å². The number of rotatable bonds is 7. The molecule has 2 heterocycles. The molecule has 1 amide bonds. The number of nitrogens with one attached hydrogen (secondary N) is 1. The lowest BCUT2D eigenvalue weighted by Crippen LogP contribution is -2.22. The second kappa shape index (κ2) is 7.38. The lowest BCUT2D eigenvalue weighted by molar-refractivity contribution is -0.119. The Morgan fingerprint density at radius 2 is 2.38 bits per heavy atom. The molecule has 0 bridgehead atoms. The van der Waals surface area contributed by atoms with E-state index in [9.17, 15) is 4.79 Å². The van der Waals surface area contributed by atoms with Crippen molar-refractivity contribution in [3.05, 3.63) is 23.6 Å². The highest BCUT2D eigenvalue weighted by molar-refractivity contribution is 7.13. The van der Waals surface area contributed by atoms with E-state index in [-0.39, 0.29) is 18.4 Å². The van der Waals surface area contributed by atoms with Gasteiger partial charge < -0.3 is 10.4 Å². The number of aliphatic hydroxyl groups is 1. The van der Waals surface area contributed by atoms with E-state index in [4.69, 9.17) is 5.11 Å². The first kappa shape index (κ1) is 15.7. The quantitative estimate of drug-likeness (QED) is 0.826. The molecule has 2 N–H and O–H groups in total. The van der Waals surface area contributed by atoms with E-state index in [1.54, 1.807) is 16.0 Å². The third kappa shape index (κ3) is 3.92. The number of carbonyl (C=O) groups excluding carboxylic acids is 1. The Kier molecular flexibility index (Phi) is 5.52. The summed E-state index contributed by atoms with van der Waals surface area (Å²) in [5, 5.41) is 18.5. The molecule has 0 spiro atoms.